The lowest BCUT2D eigenvalue weighted by Crippen LogP contribution is -2.43. The van der Waals surface area contributed by atoms with Gasteiger partial charge in [-0.2, -0.15) is 5.26 Å². The highest BCUT2D eigenvalue weighted by molar-refractivity contribution is 5.77. The van der Waals surface area contributed by atoms with Gasteiger partial charge >= 0.3 is 0 Å². The molecule has 1 aliphatic rings. The zero-order valence-electron chi connectivity index (χ0n) is 14.1. The van der Waals surface area contributed by atoms with Crippen molar-refractivity contribution >= 4 is 11.0 Å². The zero-order chi connectivity index (χ0) is 16.4. The van der Waals surface area contributed by atoms with E-state index in [-0.39, 0.29) is 11.2 Å². The van der Waals surface area contributed by atoms with Gasteiger partial charge in [0.1, 0.15) is 11.7 Å². The summed E-state index contributed by atoms with van der Waals surface area (Å²) >= 11 is 0. The fourth-order valence-corrected chi connectivity index (χ4v) is 3.03. The predicted molar refractivity (Wildman–Crippen MR) is 89.8 cm³/mol. The van der Waals surface area contributed by atoms with E-state index in [1.165, 1.54) is 5.69 Å². The highest BCUT2D eigenvalue weighted by Crippen LogP contribution is 2.25. The molecule has 122 valence electrons. The molecule has 23 heavy (non-hydrogen) atoms. The number of hydrogen-bond acceptors (Lipinski definition) is 5. The lowest BCUT2D eigenvalue weighted by molar-refractivity contribution is 0.224. The van der Waals surface area contributed by atoms with Gasteiger partial charge in [0.2, 0.25) is 5.82 Å². The largest absolute Gasteiger partial charge is 0.328 e. The van der Waals surface area contributed by atoms with Crippen molar-refractivity contribution in [3.05, 3.63) is 23.8 Å². The van der Waals surface area contributed by atoms with Crippen molar-refractivity contribution in [1.82, 2.24) is 24.8 Å². The first-order valence-electron chi connectivity index (χ1n) is 8.14. The van der Waals surface area contributed by atoms with E-state index in [0.29, 0.717) is 0 Å². The van der Waals surface area contributed by atoms with Crippen molar-refractivity contribution in [2.45, 2.75) is 33.9 Å². The predicted octanol–water partition coefficient (Wildman–Crippen LogP) is 1.75. The summed E-state index contributed by atoms with van der Waals surface area (Å²) in [7, 11) is 0. The normalized spacial score (nSPS) is 16.6. The summed E-state index contributed by atoms with van der Waals surface area (Å²) in [5, 5.41) is 13.5. The van der Waals surface area contributed by atoms with Gasteiger partial charge in [-0.1, -0.05) is 20.8 Å². The van der Waals surface area contributed by atoms with Crippen LogP contribution in [0.3, 0.4) is 0 Å². The van der Waals surface area contributed by atoms with Gasteiger partial charge in [0.25, 0.3) is 0 Å². The van der Waals surface area contributed by atoms with Gasteiger partial charge in [0.15, 0.2) is 0 Å². The van der Waals surface area contributed by atoms with Crippen LogP contribution in [0.2, 0.25) is 0 Å². The van der Waals surface area contributed by atoms with Crippen LogP contribution in [0.5, 0.6) is 0 Å². The Morgan fingerprint density at radius 3 is 2.70 bits per heavy atom. The average molecular weight is 312 g/mol. The number of rotatable bonds is 3. The van der Waals surface area contributed by atoms with E-state index >= 15 is 0 Å². The smallest absolute Gasteiger partial charge is 0.234 e. The highest BCUT2D eigenvalue weighted by Gasteiger charge is 2.20. The minimum atomic E-state index is 0.141. The third-order valence-electron chi connectivity index (χ3n) is 4.05. The number of hydrogen-bond donors (Lipinski definition) is 1. The van der Waals surface area contributed by atoms with Crippen LogP contribution in [-0.4, -0.2) is 45.6 Å². The first-order chi connectivity index (χ1) is 11.0. The van der Waals surface area contributed by atoms with Gasteiger partial charge in [0, 0.05) is 56.5 Å². The Morgan fingerprint density at radius 1 is 1.30 bits per heavy atom. The number of nitriles is 1. The molecule has 2 aromatic rings. The van der Waals surface area contributed by atoms with Crippen LogP contribution >= 0.6 is 0 Å². The third kappa shape index (κ3) is 3.69. The maximum absolute atomic E-state index is 9.09. The molecule has 0 saturated carbocycles. The van der Waals surface area contributed by atoms with Crippen LogP contribution in [0.1, 0.15) is 32.3 Å². The van der Waals surface area contributed by atoms with Gasteiger partial charge in [-0.05, 0) is 11.5 Å². The molecule has 0 unspecified atom stereocenters. The minimum absolute atomic E-state index is 0.141. The molecule has 1 saturated heterocycles. The first-order valence-corrected chi connectivity index (χ1v) is 8.14. The van der Waals surface area contributed by atoms with Gasteiger partial charge in [-0.15, -0.1) is 0 Å². The fraction of sp³-hybridized carbons (Fsp3) is 0.588. The Labute approximate surface area is 137 Å². The highest BCUT2D eigenvalue weighted by atomic mass is 15.2. The van der Waals surface area contributed by atoms with Crippen molar-refractivity contribution < 1.29 is 0 Å². The molecule has 1 fully saturated rings. The molecule has 1 aliphatic heterocycles. The fourth-order valence-electron chi connectivity index (χ4n) is 3.03. The Hall–Kier alpha value is -1.97. The van der Waals surface area contributed by atoms with Crippen LogP contribution in [0, 0.1) is 16.7 Å². The molecule has 0 aromatic carbocycles. The van der Waals surface area contributed by atoms with Crippen molar-refractivity contribution in [3.63, 3.8) is 0 Å². The molecule has 3 heterocycles. The molecule has 0 radical (unpaired) electrons. The van der Waals surface area contributed by atoms with Crippen LogP contribution < -0.4 is 5.32 Å². The molecule has 0 aliphatic carbocycles. The van der Waals surface area contributed by atoms with E-state index in [0.717, 1.165) is 50.3 Å². The second kappa shape index (κ2) is 6.26. The molecule has 2 aromatic heterocycles. The molecule has 0 spiro atoms. The number of aromatic nitrogens is 3. The van der Waals surface area contributed by atoms with Crippen LogP contribution in [0.15, 0.2) is 12.3 Å². The number of fused-ring (bicyclic) bond motifs is 1. The topological polar surface area (TPSA) is 69.8 Å². The molecular formula is C17H24N6. The van der Waals surface area contributed by atoms with Crippen molar-refractivity contribution in [2.24, 2.45) is 5.41 Å². The van der Waals surface area contributed by atoms with Crippen LogP contribution in [0.25, 0.3) is 11.0 Å². The molecule has 0 amide bonds. The summed E-state index contributed by atoms with van der Waals surface area (Å²) in [6, 6.07) is 4.22. The number of piperazine rings is 1. The third-order valence-corrected chi connectivity index (χ3v) is 4.05. The Kier molecular flexibility index (Phi) is 4.33. The quantitative estimate of drug-likeness (QED) is 0.935. The monoisotopic (exact) mass is 312 g/mol. The molecule has 6 heteroatoms. The summed E-state index contributed by atoms with van der Waals surface area (Å²) in [4.78, 5) is 11.0. The van der Waals surface area contributed by atoms with Gasteiger partial charge < -0.3 is 9.88 Å². The lowest BCUT2D eigenvalue weighted by atomic mass is 9.97. The lowest BCUT2D eigenvalue weighted by Gasteiger charge is -2.28. The van der Waals surface area contributed by atoms with E-state index < -0.39 is 0 Å². The molecule has 0 atom stereocenters. The summed E-state index contributed by atoms with van der Waals surface area (Å²) < 4.78 is 2.26. The average Bonchev–Trinajstić information content (AvgIpc) is 2.83. The second-order valence-corrected chi connectivity index (χ2v) is 7.39. The molecule has 1 N–H and O–H groups in total. The van der Waals surface area contributed by atoms with Crippen molar-refractivity contribution in [2.75, 3.05) is 26.2 Å². The molecule has 6 nitrogen and oxygen atoms in total. The zero-order valence-corrected chi connectivity index (χ0v) is 14.1. The second-order valence-electron chi connectivity index (χ2n) is 7.39. The van der Waals surface area contributed by atoms with Gasteiger partial charge in [0.05, 0.1) is 0 Å². The Morgan fingerprint density at radius 2 is 2.04 bits per heavy atom. The summed E-state index contributed by atoms with van der Waals surface area (Å²) in [6.45, 7) is 12.7. The van der Waals surface area contributed by atoms with Crippen molar-refractivity contribution in [3.8, 4) is 6.07 Å². The van der Waals surface area contributed by atoms with E-state index in [1.54, 1.807) is 6.20 Å². The van der Waals surface area contributed by atoms with E-state index in [4.69, 9.17) is 5.26 Å². The van der Waals surface area contributed by atoms with Crippen molar-refractivity contribution in [1.29, 1.82) is 5.26 Å². The Bertz CT molecular complexity index is 728. The molecule has 3 rings (SSSR count). The van der Waals surface area contributed by atoms with Gasteiger partial charge in [-0.25, -0.2) is 9.97 Å². The maximum Gasteiger partial charge on any atom is 0.234 e. The van der Waals surface area contributed by atoms with Crippen LogP contribution in [-0.2, 0) is 13.1 Å². The summed E-state index contributed by atoms with van der Waals surface area (Å²) in [5.41, 5.74) is 2.26. The summed E-state index contributed by atoms with van der Waals surface area (Å²) in [6.07, 6.45) is 1.77. The van der Waals surface area contributed by atoms with Crippen LogP contribution in [0.4, 0.5) is 0 Å². The number of nitrogens with zero attached hydrogens (tertiary/aromatic N) is 5. The SMILES string of the molecule is CC(C)(C)Cn1c(CN2CCNCC2)cc2cnc(C#N)nc21. The van der Waals surface area contributed by atoms with Gasteiger partial charge in [-0.3, -0.25) is 4.90 Å². The molecule has 0 bridgehead atoms. The Balaban J connectivity index is 2.00. The van der Waals surface area contributed by atoms with E-state index in [9.17, 15) is 0 Å². The maximum atomic E-state index is 9.09. The number of nitrogens with one attached hydrogen (secondary N) is 1. The first kappa shape index (κ1) is 15.9. The summed E-state index contributed by atoms with van der Waals surface area (Å²) in [5.74, 6) is 0.236. The van der Waals surface area contributed by atoms with E-state index in [1.807, 2.05) is 6.07 Å². The van der Waals surface area contributed by atoms with E-state index in [2.05, 4.69) is 51.6 Å². The minimum Gasteiger partial charge on any atom is -0.328 e. The molecular weight excluding hydrogens is 288 g/mol. The standard InChI is InChI=1S/C17H24N6/c1-17(2,3)12-23-14(11-22-6-4-19-5-7-22)8-13-10-20-15(9-18)21-16(13)23/h8,10,19H,4-7,11-12H2,1-3H3.